The number of halogens is 1. The Balaban J connectivity index is 1.66. The van der Waals surface area contributed by atoms with Crippen LogP contribution in [-0.2, 0) is 14.3 Å². The molecular formula is C23H21ClN4O4. The van der Waals surface area contributed by atoms with Gasteiger partial charge < -0.3 is 19.9 Å². The Kier molecular flexibility index (Phi) is 6.81. The summed E-state index contributed by atoms with van der Waals surface area (Å²) < 4.78 is 5.06. The summed E-state index contributed by atoms with van der Waals surface area (Å²) in [6.45, 7) is 0.802. The Labute approximate surface area is 190 Å². The standard InChI is InChI=1S/C23H21ClN4O4/c1-14(26-21(30)15-8-4-5-9-17(15)24)23(31)32-13-20(29)16(12-25)22-27(2)18-10-6-7-11-19(18)28(22)3/h4-11,14H,13H2,1-3H3,(H,26,30)/t14-/m0/s1. The van der Waals surface area contributed by atoms with Crippen molar-refractivity contribution in [3.8, 4) is 6.07 Å². The van der Waals surface area contributed by atoms with Gasteiger partial charge in [0.25, 0.3) is 5.91 Å². The second kappa shape index (κ2) is 9.54. The highest BCUT2D eigenvalue weighted by molar-refractivity contribution is 6.33. The summed E-state index contributed by atoms with van der Waals surface area (Å²) in [6, 6.07) is 14.8. The van der Waals surface area contributed by atoms with Gasteiger partial charge in [-0.1, -0.05) is 35.9 Å². The van der Waals surface area contributed by atoms with Crippen LogP contribution in [0.5, 0.6) is 0 Å². The van der Waals surface area contributed by atoms with Gasteiger partial charge in [0.1, 0.15) is 23.5 Å². The predicted octanol–water partition coefficient (Wildman–Crippen LogP) is 2.89. The molecule has 0 unspecified atom stereocenters. The first-order chi connectivity index (χ1) is 15.3. The lowest BCUT2D eigenvalue weighted by Gasteiger charge is -2.20. The van der Waals surface area contributed by atoms with E-state index in [2.05, 4.69) is 5.32 Å². The minimum absolute atomic E-state index is 0.133. The number of benzene rings is 2. The van der Waals surface area contributed by atoms with Crippen molar-refractivity contribution in [3.05, 3.63) is 70.5 Å². The second-order valence-electron chi connectivity index (χ2n) is 7.12. The number of carbonyl (C=O) groups excluding carboxylic acids is 3. The van der Waals surface area contributed by atoms with Gasteiger partial charge in [-0.05, 0) is 31.2 Å². The van der Waals surface area contributed by atoms with E-state index in [1.54, 1.807) is 42.1 Å². The number of nitriles is 1. The monoisotopic (exact) mass is 452 g/mol. The topological polar surface area (TPSA) is 103 Å². The molecular weight excluding hydrogens is 432 g/mol. The zero-order chi connectivity index (χ0) is 23.4. The Morgan fingerprint density at radius 1 is 1.06 bits per heavy atom. The van der Waals surface area contributed by atoms with E-state index in [-0.39, 0.29) is 16.2 Å². The predicted molar refractivity (Wildman–Crippen MR) is 120 cm³/mol. The summed E-state index contributed by atoms with van der Waals surface area (Å²) in [5.41, 5.74) is 1.77. The quantitative estimate of drug-likeness (QED) is 0.408. The van der Waals surface area contributed by atoms with Gasteiger partial charge in [0.2, 0.25) is 5.78 Å². The van der Waals surface area contributed by atoms with Crippen LogP contribution in [0.3, 0.4) is 0 Å². The molecule has 0 aliphatic carbocycles. The molecule has 0 spiro atoms. The number of para-hydroxylation sites is 2. The fourth-order valence-corrected chi connectivity index (χ4v) is 3.59. The number of Topliss-reactive ketones (excluding diaryl/α,β-unsaturated/α-hetero) is 1. The van der Waals surface area contributed by atoms with Crippen LogP contribution in [0.25, 0.3) is 0 Å². The van der Waals surface area contributed by atoms with Crippen molar-refractivity contribution in [1.29, 1.82) is 5.26 Å². The third-order valence-electron chi connectivity index (χ3n) is 5.02. The van der Waals surface area contributed by atoms with E-state index < -0.39 is 30.3 Å². The molecule has 32 heavy (non-hydrogen) atoms. The van der Waals surface area contributed by atoms with Gasteiger partial charge in [0.15, 0.2) is 6.61 Å². The van der Waals surface area contributed by atoms with Gasteiger partial charge >= 0.3 is 5.97 Å². The first kappa shape index (κ1) is 22.8. The van der Waals surface area contributed by atoms with Crippen molar-refractivity contribution in [2.45, 2.75) is 13.0 Å². The number of nitrogens with zero attached hydrogens (tertiary/aromatic N) is 3. The molecule has 0 saturated heterocycles. The fraction of sp³-hybridized carbons (Fsp3) is 0.217. The summed E-state index contributed by atoms with van der Waals surface area (Å²) in [4.78, 5) is 40.8. The Morgan fingerprint density at radius 2 is 1.62 bits per heavy atom. The first-order valence-corrected chi connectivity index (χ1v) is 10.1. The number of esters is 1. The molecule has 0 fully saturated rings. The fourth-order valence-electron chi connectivity index (χ4n) is 3.37. The lowest BCUT2D eigenvalue weighted by Crippen LogP contribution is -2.40. The van der Waals surface area contributed by atoms with Crippen LogP contribution in [0, 0.1) is 11.3 Å². The van der Waals surface area contributed by atoms with Crippen LogP contribution < -0.4 is 15.1 Å². The molecule has 8 nitrogen and oxygen atoms in total. The van der Waals surface area contributed by atoms with Crippen molar-refractivity contribution < 1.29 is 19.1 Å². The summed E-state index contributed by atoms with van der Waals surface area (Å²) >= 11 is 5.99. The number of nitrogens with one attached hydrogen (secondary N) is 1. The Hall–Kier alpha value is -3.83. The van der Waals surface area contributed by atoms with E-state index in [0.29, 0.717) is 5.82 Å². The number of anilines is 2. The van der Waals surface area contributed by atoms with Gasteiger partial charge in [-0.25, -0.2) is 4.79 Å². The average Bonchev–Trinajstić information content (AvgIpc) is 3.03. The molecule has 0 radical (unpaired) electrons. The van der Waals surface area contributed by atoms with Crippen molar-refractivity contribution in [2.75, 3.05) is 30.5 Å². The molecule has 0 bridgehead atoms. The van der Waals surface area contributed by atoms with E-state index in [1.165, 1.54) is 13.0 Å². The second-order valence-corrected chi connectivity index (χ2v) is 7.53. The largest absolute Gasteiger partial charge is 0.456 e. The van der Waals surface area contributed by atoms with E-state index in [9.17, 15) is 19.6 Å². The lowest BCUT2D eigenvalue weighted by atomic mass is 10.2. The van der Waals surface area contributed by atoms with E-state index in [0.717, 1.165) is 11.4 Å². The smallest absolute Gasteiger partial charge is 0.328 e. The van der Waals surface area contributed by atoms with Gasteiger partial charge in [0.05, 0.1) is 22.0 Å². The molecule has 0 saturated carbocycles. The van der Waals surface area contributed by atoms with Crippen LogP contribution >= 0.6 is 11.6 Å². The van der Waals surface area contributed by atoms with Crippen molar-refractivity contribution >= 4 is 40.6 Å². The number of ether oxygens (including phenoxy) is 1. The van der Waals surface area contributed by atoms with Gasteiger partial charge in [-0.15, -0.1) is 0 Å². The maximum atomic E-state index is 12.7. The van der Waals surface area contributed by atoms with Gasteiger partial charge in [-0.2, -0.15) is 5.26 Å². The van der Waals surface area contributed by atoms with Crippen LogP contribution in [0.4, 0.5) is 11.4 Å². The molecule has 164 valence electrons. The molecule has 0 aromatic heterocycles. The van der Waals surface area contributed by atoms with Gasteiger partial charge in [-0.3, -0.25) is 9.59 Å². The van der Waals surface area contributed by atoms with Gasteiger partial charge in [0, 0.05) is 14.1 Å². The third kappa shape index (κ3) is 4.43. The molecule has 1 aliphatic rings. The zero-order valence-electron chi connectivity index (χ0n) is 17.8. The highest BCUT2D eigenvalue weighted by atomic mass is 35.5. The SMILES string of the molecule is C[C@H](NC(=O)c1ccccc1Cl)C(=O)OCC(=O)C(C#N)=C1N(C)c2ccccc2N1C. The number of rotatable bonds is 6. The normalized spacial score (nSPS) is 13.2. The first-order valence-electron chi connectivity index (χ1n) is 9.72. The summed E-state index contributed by atoms with van der Waals surface area (Å²) in [7, 11) is 3.50. The molecule has 2 aromatic carbocycles. The van der Waals surface area contributed by atoms with E-state index in [4.69, 9.17) is 16.3 Å². The van der Waals surface area contributed by atoms with Crippen molar-refractivity contribution in [3.63, 3.8) is 0 Å². The molecule has 9 heteroatoms. The summed E-state index contributed by atoms with van der Waals surface area (Å²) in [5, 5.41) is 12.4. The number of amides is 1. The molecule has 1 N–H and O–H groups in total. The van der Waals surface area contributed by atoms with Crippen molar-refractivity contribution in [2.24, 2.45) is 0 Å². The molecule has 1 atom stereocenters. The Bertz CT molecular complexity index is 1120. The van der Waals surface area contributed by atoms with Crippen LogP contribution in [0.2, 0.25) is 5.02 Å². The average molecular weight is 453 g/mol. The Morgan fingerprint density at radius 3 is 2.19 bits per heavy atom. The van der Waals surface area contributed by atoms with E-state index >= 15 is 0 Å². The maximum Gasteiger partial charge on any atom is 0.328 e. The van der Waals surface area contributed by atoms with Crippen LogP contribution in [0.1, 0.15) is 17.3 Å². The highest BCUT2D eigenvalue weighted by Crippen LogP contribution is 2.40. The minimum atomic E-state index is -1.02. The highest BCUT2D eigenvalue weighted by Gasteiger charge is 2.31. The lowest BCUT2D eigenvalue weighted by molar-refractivity contribution is -0.148. The maximum absolute atomic E-state index is 12.7. The summed E-state index contributed by atoms with van der Waals surface area (Å²) in [6.07, 6.45) is 0. The van der Waals surface area contributed by atoms with E-state index in [1.807, 2.05) is 30.3 Å². The number of hydrogen-bond acceptors (Lipinski definition) is 7. The summed E-state index contributed by atoms with van der Waals surface area (Å²) in [5.74, 6) is -1.60. The molecule has 1 amide bonds. The number of fused-ring (bicyclic) bond motifs is 1. The van der Waals surface area contributed by atoms with Crippen LogP contribution in [-0.4, -0.2) is 44.4 Å². The van der Waals surface area contributed by atoms with Crippen molar-refractivity contribution in [1.82, 2.24) is 5.32 Å². The number of ketones is 1. The number of carbonyl (C=O) groups is 3. The zero-order valence-corrected chi connectivity index (χ0v) is 18.5. The molecule has 1 heterocycles. The molecule has 2 aromatic rings. The third-order valence-corrected chi connectivity index (χ3v) is 5.35. The van der Waals surface area contributed by atoms with Crippen LogP contribution in [0.15, 0.2) is 59.9 Å². The minimum Gasteiger partial charge on any atom is -0.456 e. The number of hydrogen-bond donors (Lipinski definition) is 1. The molecule has 1 aliphatic heterocycles. The molecule has 3 rings (SSSR count).